The van der Waals surface area contributed by atoms with Crippen molar-refractivity contribution in [3.8, 4) is 0 Å². The minimum atomic E-state index is -0.279. The van der Waals surface area contributed by atoms with Gasteiger partial charge >= 0.3 is 5.97 Å². The molecule has 0 heterocycles. The monoisotopic (exact) mass is 291 g/mol. The van der Waals surface area contributed by atoms with Gasteiger partial charge in [0.2, 0.25) is 0 Å². The molecule has 0 aromatic heterocycles. The van der Waals surface area contributed by atoms with E-state index in [0.29, 0.717) is 17.6 Å². The standard InChI is InChI=1S/C18H29NO2/c1-6-8-13-19(14(3)7-2)15(4)16-9-11-17(12-10-16)18(20)21-5/h9-12,14-15H,6-8,13H2,1-5H3/t14-,15?/m0/s1. The fourth-order valence-electron chi connectivity index (χ4n) is 2.58. The highest BCUT2D eigenvalue weighted by Crippen LogP contribution is 2.24. The van der Waals surface area contributed by atoms with Crippen molar-refractivity contribution >= 4 is 5.97 Å². The highest BCUT2D eigenvalue weighted by atomic mass is 16.5. The zero-order valence-electron chi connectivity index (χ0n) is 14.1. The smallest absolute Gasteiger partial charge is 0.337 e. The molecule has 0 saturated carbocycles. The Morgan fingerprint density at radius 2 is 1.81 bits per heavy atom. The number of rotatable bonds is 8. The SMILES string of the molecule is CCCCN(C(C)c1ccc(C(=O)OC)cc1)[C@@H](C)CC. The molecule has 0 radical (unpaired) electrons. The van der Waals surface area contributed by atoms with Crippen molar-refractivity contribution in [3.05, 3.63) is 35.4 Å². The molecule has 0 aliphatic rings. The Balaban J connectivity index is 2.87. The maximum Gasteiger partial charge on any atom is 0.337 e. The number of esters is 1. The van der Waals surface area contributed by atoms with Gasteiger partial charge in [-0.05, 0) is 50.9 Å². The zero-order chi connectivity index (χ0) is 15.8. The Hall–Kier alpha value is -1.35. The van der Waals surface area contributed by atoms with E-state index in [-0.39, 0.29) is 5.97 Å². The molecule has 0 aliphatic heterocycles. The van der Waals surface area contributed by atoms with Gasteiger partial charge in [0.05, 0.1) is 12.7 Å². The van der Waals surface area contributed by atoms with Crippen LogP contribution in [0.4, 0.5) is 0 Å². The van der Waals surface area contributed by atoms with Gasteiger partial charge in [0.15, 0.2) is 0 Å². The average Bonchev–Trinajstić information content (AvgIpc) is 2.53. The molecule has 1 unspecified atom stereocenters. The summed E-state index contributed by atoms with van der Waals surface area (Å²) in [5.74, 6) is -0.279. The molecular formula is C18H29NO2. The van der Waals surface area contributed by atoms with Crippen LogP contribution in [0, 0.1) is 0 Å². The summed E-state index contributed by atoms with van der Waals surface area (Å²) >= 11 is 0. The first-order valence-electron chi connectivity index (χ1n) is 7.99. The molecule has 0 fully saturated rings. The third kappa shape index (κ3) is 4.85. The molecule has 0 bridgehead atoms. The van der Waals surface area contributed by atoms with Crippen molar-refractivity contribution in [1.82, 2.24) is 4.90 Å². The molecule has 1 aromatic rings. The zero-order valence-corrected chi connectivity index (χ0v) is 14.1. The second kappa shape index (κ2) is 8.83. The van der Waals surface area contributed by atoms with Crippen LogP contribution in [0.15, 0.2) is 24.3 Å². The van der Waals surface area contributed by atoms with E-state index in [9.17, 15) is 4.79 Å². The van der Waals surface area contributed by atoms with Crippen LogP contribution in [0.1, 0.15) is 68.9 Å². The third-order valence-electron chi connectivity index (χ3n) is 4.24. The number of carbonyl (C=O) groups is 1. The fourth-order valence-corrected chi connectivity index (χ4v) is 2.58. The van der Waals surface area contributed by atoms with Crippen molar-refractivity contribution < 1.29 is 9.53 Å². The van der Waals surface area contributed by atoms with Crippen LogP contribution < -0.4 is 0 Å². The van der Waals surface area contributed by atoms with E-state index in [4.69, 9.17) is 4.74 Å². The van der Waals surface area contributed by atoms with Crippen LogP contribution in [-0.2, 0) is 4.74 Å². The molecule has 1 aromatic carbocycles. The number of carbonyl (C=O) groups excluding carboxylic acids is 1. The van der Waals surface area contributed by atoms with Crippen LogP contribution in [0.3, 0.4) is 0 Å². The van der Waals surface area contributed by atoms with Gasteiger partial charge in [-0.1, -0.05) is 32.4 Å². The summed E-state index contributed by atoms with van der Waals surface area (Å²) in [4.78, 5) is 14.0. The summed E-state index contributed by atoms with van der Waals surface area (Å²) in [7, 11) is 1.41. The highest BCUT2D eigenvalue weighted by Gasteiger charge is 2.20. The Kier molecular flexibility index (Phi) is 7.44. The number of benzene rings is 1. The molecular weight excluding hydrogens is 262 g/mol. The molecule has 3 nitrogen and oxygen atoms in total. The van der Waals surface area contributed by atoms with Gasteiger partial charge in [-0.3, -0.25) is 4.90 Å². The summed E-state index contributed by atoms with van der Waals surface area (Å²) in [5, 5.41) is 0. The summed E-state index contributed by atoms with van der Waals surface area (Å²) in [5.41, 5.74) is 1.86. The van der Waals surface area contributed by atoms with Crippen LogP contribution in [0.5, 0.6) is 0 Å². The van der Waals surface area contributed by atoms with Crippen molar-refractivity contribution in [2.75, 3.05) is 13.7 Å². The lowest BCUT2D eigenvalue weighted by atomic mass is 10.0. The minimum Gasteiger partial charge on any atom is -0.465 e. The van der Waals surface area contributed by atoms with E-state index in [1.165, 1.54) is 25.5 Å². The number of nitrogens with zero attached hydrogens (tertiary/aromatic N) is 1. The maximum atomic E-state index is 11.5. The molecule has 0 spiro atoms. The van der Waals surface area contributed by atoms with Gasteiger partial charge < -0.3 is 4.74 Å². The molecule has 3 heteroatoms. The first-order chi connectivity index (χ1) is 10.0. The predicted octanol–water partition coefficient (Wildman–Crippen LogP) is 4.43. The fraction of sp³-hybridized carbons (Fsp3) is 0.611. The number of ether oxygens (including phenoxy) is 1. The molecule has 1 rings (SSSR count). The predicted molar refractivity (Wildman–Crippen MR) is 87.6 cm³/mol. The molecule has 2 atom stereocenters. The van der Waals surface area contributed by atoms with E-state index in [0.717, 1.165) is 13.0 Å². The van der Waals surface area contributed by atoms with Gasteiger partial charge in [-0.25, -0.2) is 4.79 Å². The van der Waals surface area contributed by atoms with Gasteiger partial charge in [-0.15, -0.1) is 0 Å². The molecule has 0 N–H and O–H groups in total. The largest absolute Gasteiger partial charge is 0.465 e. The van der Waals surface area contributed by atoms with Gasteiger partial charge in [0.1, 0.15) is 0 Å². The molecule has 0 amide bonds. The van der Waals surface area contributed by atoms with Crippen LogP contribution >= 0.6 is 0 Å². The highest BCUT2D eigenvalue weighted by molar-refractivity contribution is 5.89. The Morgan fingerprint density at radius 1 is 1.19 bits per heavy atom. The van der Waals surface area contributed by atoms with Crippen LogP contribution in [0.25, 0.3) is 0 Å². The first-order valence-corrected chi connectivity index (χ1v) is 7.99. The van der Waals surface area contributed by atoms with Crippen molar-refractivity contribution in [2.45, 2.75) is 59.0 Å². The Morgan fingerprint density at radius 3 is 2.29 bits per heavy atom. The number of unbranched alkanes of at least 4 members (excludes halogenated alkanes) is 1. The Bertz CT molecular complexity index is 427. The summed E-state index contributed by atoms with van der Waals surface area (Å²) in [6.07, 6.45) is 3.57. The summed E-state index contributed by atoms with van der Waals surface area (Å²) < 4.78 is 4.74. The number of hydrogen-bond donors (Lipinski definition) is 0. The number of methoxy groups -OCH3 is 1. The van der Waals surface area contributed by atoms with E-state index in [1.54, 1.807) is 0 Å². The van der Waals surface area contributed by atoms with Gasteiger partial charge in [0, 0.05) is 12.1 Å². The van der Waals surface area contributed by atoms with Gasteiger partial charge in [0.25, 0.3) is 0 Å². The lowest BCUT2D eigenvalue weighted by Gasteiger charge is -2.34. The first kappa shape index (κ1) is 17.7. The topological polar surface area (TPSA) is 29.5 Å². The second-order valence-electron chi connectivity index (χ2n) is 5.64. The van der Waals surface area contributed by atoms with E-state index >= 15 is 0 Å². The van der Waals surface area contributed by atoms with E-state index < -0.39 is 0 Å². The Labute approximate surface area is 129 Å². The van der Waals surface area contributed by atoms with Crippen molar-refractivity contribution in [1.29, 1.82) is 0 Å². The maximum absolute atomic E-state index is 11.5. The summed E-state index contributed by atoms with van der Waals surface area (Å²) in [6.45, 7) is 10.1. The molecule has 118 valence electrons. The lowest BCUT2D eigenvalue weighted by Crippen LogP contribution is -2.35. The normalized spacial score (nSPS) is 14.0. The van der Waals surface area contributed by atoms with Crippen molar-refractivity contribution in [2.24, 2.45) is 0 Å². The van der Waals surface area contributed by atoms with Crippen LogP contribution in [0.2, 0.25) is 0 Å². The lowest BCUT2D eigenvalue weighted by molar-refractivity contribution is 0.0600. The average molecular weight is 291 g/mol. The molecule has 0 saturated heterocycles. The van der Waals surface area contributed by atoms with E-state index in [2.05, 4.69) is 32.6 Å². The number of hydrogen-bond acceptors (Lipinski definition) is 3. The van der Waals surface area contributed by atoms with Crippen molar-refractivity contribution in [3.63, 3.8) is 0 Å². The third-order valence-corrected chi connectivity index (χ3v) is 4.24. The minimum absolute atomic E-state index is 0.279. The second-order valence-corrected chi connectivity index (χ2v) is 5.64. The summed E-state index contributed by atoms with van der Waals surface area (Å²) in [6, 6.07) is 8.71. The molecule has 0 aliphatic carbocycles. The van der Waals surface area contributed by atoms with Crippen LogP contribution in [-0.4, -0.2) is 30.6 Å². The quantitative estimate of drug-likeness (QED) is 0.663. The van der Waals surface area contributed by atoms with Gasteiger partial charge in [-0.2, -0.15) is 0 Å². The molecule has 21 heavy (non-hydrogen) atoms. The van der Waals surface area contributed by atoms with E-state index in [1.807, 2.05) is 24.3 Å².